The minimum Gasteiger partial charge on any atom is -0.809 e. The molecule has 0 aromatic heterocycles. The third-order valence-electron chi connectivity index (χ3n) is 2.80. The molecule has 2 aromatic rings. The normalized spacial score (nSPS) is 9.75. The summed E-state index contributed by atoms with van der Waals surface area (Å²) in [5.41, 5.74) is 0.892. The first-order valence-corrected chi connectivity index (χ1v) is 7.75. The van der Waals surface area contributed by atoms with Crippen LogP contribution in [0.4, 0.5) is 11.4 Å². The van der Waals surface area contributed by atoms with E-state index >= 15 is 0 Å². The van der Waals surface area contributed by atoms with Gasteiger partial charge in [0.25, 0.3) is 0 Å². The summed E-state index contributed by atoms with van der Waals surface area (Å²) < 4.78 is 11.1. The Kier molecular flexibility index (Phi) is 13.9. The van der Waals surface area contributed by atoms with E-state index < -0.39 is 19.9 Å². The van der Waals surface area contributed by atoms with Gasteiger partial charge in [0, 0.05) is 11.4 Å². The van der Waals surface area contributed by atoms with E-state index in [0.29, 0.717) is 11.4 Å². The SMILES string of the molecule is O=C([O-])c1ccc(N(CP(=O)([O-])[O-])c2ccccc2)cc1.[Na+].[Na+].[Na+]. The van der Waals surface area contributed by atoms with Crippen molar-refractivity contribution in [1.82, 2.24) is 0 Å². The average molecular weight is 373 g/mol. The molecule has 0 N–H and O–H groups in total. The van der Waals surface area contributed by atoms with E-state index in [2.05, 4.69) is 0 Å². The van der Waals surface area contributed by atoms with Crippen molar-refractivity contribution in [2.24, 2.45) is 0 Å². The number of carbonyl (C=O) groups excluding carboxylic acids is 1. The molecule has 0 heterocycles. The number of para-hydroxylation sites is 1. The Morgan fingerprint density at radius 2 is 1.33 bits per heavy atom. The van der Waals surface area contributed by atoms with E-state index in [4.69, 9.17) is 0 Å². The zero-order valence-corrected chi connectivity index (χ0v) is 20.7. The molecule has 2 aromatic carbocycles. The summed E-state index contributed by atoms with van der Waals surface area (Å²) in [6, 6.07) is 13.9. The molecule has 0 radical (unpaired) electrons. The number of carboxylic acids is 1. The van der Waals surface area contributed by atoms with Gasteiger partial charge in [-0.15, -0.1) is 0 Å². The number of rotatable bonds is 5. The summed E-state index contributed by atoms with van der Waals surface area (Å²) in [7, 11) is -4.79. The van der Waals surface area contributed by atoms with Crippen molar-refractivity contribution in [2.45, 2.75) is 0 Å². The molecule has 0 spiro atoms. The third kappa shape index (κ3) is 8.49. The van der Waals surface area contributed by atoms with E-state index in [1.807, 2.05) is 0 Å². The van der Waals surface area contributed by atoms with Crippen LogP contribution < -0.4 is 108 Å². The molecule has 24 heavy (non-hydrogen) atoms. The fourth-order valence-corrected chi connectivity index (χ4v) is 2.54. The molecule has 2 rings (SSSR count). The molecule has 110 valence electrons. The first-order chi connectivity index (χ1) is 9.87. The van der Waals surface area contributed by atoms with Gasteiger partial charge in [0.05, 0.1) is 12.3 Å². The molecule has 0 fully saturated rings. The Labute approximate surface area is 206 Å². The largest absolute Gasteiger partial charge is 1.00 e. The summed E-state index contributed by atoms with van der Waals surface area (Å²) in [6.07, 6.45) is -0.721. The van der Waals surface area contributed by atoms with Gasteiger partial charge in [-0.1, -0.05) is 30.3 Å². The Morgan fingerprint density at radius 3 is 1.75 bits per heavy atom. The van der Waals surface area contributed by atoms with Crippen LogP contribution in [0.3, 0.4) is 0 Å². The van der Waals surface area contributed by atoms with Gasteiger partial charge in [-0.2, -0.15) is 0 Å². The summed E-state index contributed by atoms with van der Waals surface area (Å²) in [4.78, 5) is 34.2. The number of carboxylic acid groups (broad SMARTS) is 1. The third-order valence-corrected chi connectivity index (χ3v) is 3.43. The monoisotopic (exact) mass is 373 g/mol. The first kappa shape index (κ1) is 27.1. The van der Waals surface area contributed by atoms with Crippen LogP contribution in [0.25, 0.3) is 0 Å². The molecule has 0 bridgehead atoms. The second kappa shape index (κ2) is 12.3. The standard InChI is InChI=1S/C14H14NO5P.3Na/c16-14(17)11-6-8-13(9-7-11)15(10-21(18,19)20)12-4-2-1-3-5-12;;;/h1-9H,10H2,(H,16,17)(H2,18,19,20);;;/q;3*+1/p-3. The summed E-state index contributed by atoms with van der Waals surface area (Å²) >= 11 is 0. The average Bonchev–Trinajstić information content (AvgIpc) is 2.45. The van der Waals surface area contributed by atoms with Crippen LogP contribution in [0.5, 0.6) is 0 Å². The number of aromatic carboxylic acids is 1. The Hall–Kier alpha value is 0.860. The Morgan fingerprint density at radius 1 is 0.875 bits per heavy atom. The molecule has 10 heteroatoms. The second-order valence-corrected chi connectivity index (χ2v) is 5.85. The maximum absolute atomic E-state index is 11.1. The van der Waals surface area contributed by atoms with Crippen molar-refractivity contribution >= 4 is 24.9 Å². The van der Waals surface area contributed by atoms with E-state index in [-0.39, 0.29) is 94.2 Å². The van der Waals surface area contributed by atoms with Crippen molar-refractivity contribution in [2.75, 3.05) is 11.2 Å². The van der Waals surface area contributed by atoms with Crippen LogP contribution in [-0.2, 0) is 4.57 Å². The van der Waals surface area contributed by atoms with Crippen LogP contribution in [-0.4, -0.2) is 12.3 Å². The molecule has 0 amide bonds. The minimum absolute atomic E-state index is 0. The maximum Gasteiger partial charge on any atom is 1.00 e. The second-order valence-electron chi connectivity index (χ2n) is 4.35. The fourth-order valence-electron chi connectivity index (χ4n) is 1.87. The van der Waals surface area contributed by atoms with Gasteiger partial charge in [0.1, 0.15) is 0 Å². The van der Waals surface area contributed by atoms with Crippen LogP contribution in [0.2, 0.25) is 0 Å². The van der Waals surface area contributed by atoms with Crippen LogP contribution >= 0.6 is 7.60 Å². The van der Waals surface area contributed by atoms with Crippen molar-refractivity contribution < 1.29 is 113 Å². The van der Waals surface area contributed by atoms with Crippen LogP contribution in [0, 0.1) is 0 Å². The van der Waals surface area contributed by atoms with E-state index in [0.717, 1.165) is 0 Å². The summed E-state index contributed by atoms with van der Waals surface area (Å²) in [5, 5.41) is 10.7. The predicted molar refractivity (Wildman–Crippen MR) is 71.8 cm³/mol. The fraction of sp³-hybridized carbons (Fsp3) is 0.0714. The van der Waals surface area contributed by atoms with Crippen LogP contribution in [0.15, 0.2) is 54.6 Å². The molecule has 0 atom stereocenters. The number of anilines is 2. The Bertz CT molecular complexity index is 679. The van der Waals surface area contributed by atoms with Gasteiger partial charge >= 0.3 is 88.7 Å². The zero-order valence-electron chi connectivity index (χ0n) is 13.8. The number of hydrogen-bond acceptors (Lipinski definition) is 6. The van der Waals surface area contributed by atoms with Gasteiger partial charge in [-0.25, -0.2) is 0 Å². The molecule has 0 unspecified atom stereocenters. The smallest absolute Gasteiger partial charge is 0.809 e. The number of benzene rings is 2. The van der Waals surface area contributed by atoms with Gasteiger partial charge < -0.3 is 29.2 Å². The molecule has 0 aliphatic carbocycles. The molecule has 0 aliphatic rings. The van der Waals surface area contributed by atoms with Gasteiger partial charge in [0.2, 0.25) is 0 Å². The Balaban J connectivity index is 0. The number of carbonyl (C=O) groups is 1. The number of nitrogens with zero attached hydrogens (tertiary/aromatic N) is 1. The molecule has 6 nitrogen and oxygen atoms in total. The van der Waals surface area contributed by atoms with E-state index in [1.165, 1.54) is 29.2 Å². The molecular formula is C14H11NNa3O5P. The summed E-state index contributed by atoms with van der Waals surface area (Å²) in [5.74, 6) is -1.33. The predicted octanol–water partition coefficient (Wildman–Crippen LogP) is -8.93. The summed E-state index contributed by atoms with van der Waals surface area (Å²) in [6.45, 7) is 0. The van der Waals surface area contributed by atoms with E-state index in [9.17, 15) is 24.3 Å². The first-order valence-electron chi connectivity index (χ1n) is 6.02. The van der Waals surface area contributed by atoms with Gasteiger partial charge in [0.15, 0.2) is 0 Å². The van der Waals surface area contributed by atoms with Gasteiger partial charge in [-0.05, 0) is 37.4 Å². The number of hydrogen-bond donors (Lipinski definition) is 0. The topological polar surface area (TPSA) is 107 Å². The van der Waals surface area contributed by atoms with Crippen molar-refractivity contribution in [3.8, 4) is 0 Å². The molecular weight excluding hydrogens is 362 g/mol. The quantitative estimate of drug-likeness (QED) is 0.381. The molecule has 0 saturated heterocycles. The molecule has 0 saturated carbocycles. The van der Waals surface area contributed by atoms with Crippen LogP contribution in [0.1, 0.15) is 10.4 Å². The van der Waals surface area contributed by atoms with Crippen molar-refractivity contribution in [3.63, 3.8) is 0 Å². The maximum atomic E-state index is 11.1. The van der Waals surface area contributed by atoms with E-state index in [1.54, 1.807) is 30.3 Å². The van der Waals surface area contributed by atoms with Crippen molar-refractivity contribution in [3.05, 3.63) is 60.2 Å². The van der Waals surface area contributed by atoms with Gasteiger partial charge in [-0.3, -0.25) is 0 Å². The zero-order chi connectivity index (χ0) is 15.5. The molecule has 0 aliphatic heterocycles. The van der Waals surface area contributed by atoms with Crippen molar-refractivity contribution in [1.29, 1.82) is 0 Å². The minimum atomic E-state index is -4.79.